The molecule has 1 atom stereocenters. The maximum atomic E-state index is 13.8. The van der Waals surface area contributed by atoms with Crippen LogP contribution in [-0.2, 0) is 6.42 Å². The molecule has 3 aromatic carbocycles. The quantitative estimate of drug-likeness (QED) is 0.244. The number of aromatic amines is 1. The summed E-state index contributed by atoms with van der Waals surface area (Å²) in [5, 5.41) is 13.7. The Hall–Kier alpha value is -3.29. The number of aliphatic hydroxyl groups excluding tert-OH is 1. The molecule has 0 aliphatic heterocycles. The van der Waals surface area contributed by atoms with Crippen LogP contribution in [0.3, 0.4) is 0 Å². The van der Waals surface area contributed by atoms with Crippen molar-refractivity contribution in [3.8, 4) is 16.9 Å². The number of carbonyl (C=O) groups is 1. The molecule has 0 spiro atoms. The Morgan fingerprint density at radius 2 is 1.97 bits per heavy atom. The standard InChI is InChI=1S/C28H29FN2O3S/c1-3-11-34-27-10-7-19(18-5-4-6-23(13-18)35-2)14-25(27)28(33)31-22(17-32)12-20-16-30-26-9-8-21(29)15-24(20)26/h4-10,13-16,22,30,32H,3,11-12,17H2,1-2H3,(H,31,33). The molecule has 1 amide bonds. The summed E-state index contributed by atoms with van der Waals surface area (Å²) >= 11 is 1.66. The summed E-state index contributed by atoms with van der Waals surface area (Å²) in [6.07, 6.45) is 4.98. The summed E-state index contributed by atoms with van der Waals surface area (Å²) in [6.45, 7) is 2.24. The average molecular weight is 493 g/mol. The minimum Gasteiger partial charge on any atom is -0.493 e. The van der Waals surface area contributed by atoms with Crippen LogP contribution >= 0.6 is 11.8 Å². The van der Waals surface area contributed by atoms with Crippen molar-refractivity contribution >= 4 is 28.6 Å². The molecule has 0 aliphatic carbocycles. The van der Waals surface area contributed by atoms with E-state index >= 15 is 0 Å². The van der Waals surface area contributed by atoms with Gasteiger partial charge in [-0.25, -0.2) is 4.39 Å². The minimum absolute atomic E-state index is 0.256. The van der Waals surface area contributed by atoms with Gasteiger partial charge in [-0.3, -0.25) is 4.79 Å². The van der Waals surface area contributed by atoms with Crippen LogP contribution in [0.15, 0.2) is 71.8 Å². The second kappa shape index (κ2) is 11.4. The van der Waals surface area contributed by atoms with E-state index in [0.717, 1.165) is 38.9 Å². The first kappa shape index (κ1) is 24.8. The van der Waals surface area contributed by atoms with Crippen LogP contribution in [0.1, 0.15) is 29.3 Å². The Kier molecular flexibility index (Phi) is 8.10. The lowest BCUT2D eigenvalue weighted by Crippen LogP contribution is -2.39. The number of H-pyrrole nitrogens is 1. The van der Waals surface area contributed by atoms with E-state index in [1.807, 2.05) is 49.6 Å². The van der Waals surface area contributed by atoms with Crippen molar-refractivity contribution in [3.05, 3.63) is 83.8 Å². The number of fused-ring (bicyclic) bond motifs is 1. The molecule has 0 radical (unpaired) electrons. The first-order chi connectivity index (χ1) is 17.0. The Morgan fingerprint density at radius 3 is 2.74 bits per heavy atom. The second-order valence-electron chi connectivity index (χ2n) is 8.35. The highest BCUT2D eigenvalue weighted by atomic mass is 32.2. The van der Waals surface area contributed by atoms with Gasteiger partial charge in [0.1, 0.15) is 11.6 Å². The lowest BCUT2D eigenvalue weighted by Gasteiger charge is -2.18. The summed E-state index contributed by atoms with van der Waals surface area (Å²) in [5.41, 5.74) is 3.95. The predicted octanol–water partition coefficient (Wildman–Crippen LogP) is 5.82. The summed E-state index contributed by atoms with van der Waals surface area (Å²) in [6, 6.07) is 17.7. The fourth-order valence-electron chi connectivity index (χ4n) is 4.04. The Balaban J connectivity index is 1.60. The third kappa shape index (κ3) is 5.86. The van der Waals surface area contributed by atoms with Gasteiger partial charge in [0.15, 0.2) is 0 Å². The van der Waals surface area contributed by atoms with Gasteiger partial charge in [-0.15, -0.1) is 11.8 Å². The monoisotopic (exact) mass is 492 g/mol. The van der Waals surface area contributed by atoms with Crippen molar-refractivity contribution in [2.45, 2.75) is 30.7 Å². The van der Waals surface area contributed by atoms with E-state index in [1.165, 1.54) is 12.1 Å². The minimum atomic E-state index is -0.549. The van der Waals surface area contributed by atoms with Gasteiger partial charge in [-0.05, 0) is 78.3 Å². The number of amides is 1. The smallest absolute Gasteiger partial charge is 0.255 e. The van der Waals surface area contributed by atoms with Gasteiger partial charge in [0.2, 0.25) is 0 Å². The number of nitrogens with one attached hydrogen (secondary N) is 2. The van der Waals surface area contributed by atoms with Gasteiger partial charge in [-0.2, -0.15) is 0 Å². The number of thioether (sulfide) groups is 1. The molecule has 0 saturated carbocycles. The normalized spacial score (nSPS) is 12.0. The molecule has 7 heteroatoms. The highest BCUT2D eigenvalue weighted by molar-refractivity contribution is 7.98. The van der Waals surface area contributed by atoms with Gasteiger partial charge >= 0.3 is 0 Å². The van der Waals surface area contributed by atoms with Crippen LogP contribution in [0, 0.1) is 5.82 Å². The number of hydrogen-bond donors (Lipinski definition) is 3. The van der Waals surface area contributed by atoms with E-state index < -0.39 is 6.04 Å². The van der Waals surface area contributed by atoms with Crippen molar-refractivity contribution in [3.63, 3.8) is 0 Å². The number of aromatic nitrogens is 1. The molecule has 0 fully saturated rings. The largest absolute Gasteiger partial charge is 0.493 e. The zero-order chi connectivity index (χ0) is 24.8. The molecule has 182 valence electrons. The van der Waals surface area contributed by atoms with Gasteiger partial charge in [0, 0.05) is 22.0 Å². The van der Waals surface area contributed by atoms with Gasteiger partial charge in [-0.1, -0.05) is 25.1 Å². The lowest BCUT2D eigenvalue weighted by atomic mass is 10.0. The molecule has 1 heterocycles. The average Bonchev–Trinajstić information content (AvgIpc) is 3.28. The second-order valence-corrected chi connectivity index (χ2v) is 9.23. The predicted molar refractivity (Wildman–Crippen MR) is 140 cm³/mol. The van der Waals surface area contributed by atoms with E-state index in [2.05, 4.69) is 16.4 Å². The number of aliphatic hydroxyl groups is 1. The maximum Gasteiger partial charge on any atom is 0.255 e. The third-order valence-electron chi connectivity index (χ3n) is 5.84. The Labute approximate surface area is 208 Å². The SMILES string of the molecule is CCCOc1ccc(-c2cccc(SC)c2)cc1C(=O)NC(CO)Cc1c[nH]c2ccc(F)cc12. The van der Waals surface area contributed by atoms with Crippen molar-refractivity contribution in [1.82, 2.24) is 10.3 Å². The van der Waals surface area contributed by atoms with Crippen LogP contribution < -0.4 is 10.1 Å². The fraction of sp³-hybridized carbons (Fsp3) is 0.250. The number of halogens is 1. The number of benzene rings is 3. The fourth-order valence-corrected chi connectivity index (χ4v) is 4.50. The molecule has 3 N–H and O–H groups in total. The zero-order valence-corrected chi connectivity index (χ0v) is 20.6. The van der Waals surface area contributed by atoms with Crippen LogP contribution in [-0.4, -0.2) is 41.5 Å². The number of hydrogen-bond acceptors (Lipinski definition) is 4. The van der Waals surface area contributed by atoms with Crippen molar-refractivity contribution in [2.75, 3.05) is 19.5 Å². The Bertz CT molecular complexity index is 1320. The highest BCUT2D eigenvalue weighted by Gasteiger charge is 2.20. The van der Waals surface area contributed by atoms with E-state index in [9.17, 15) is 14.3 Å². The summed E-state index contributed by atoms with van der Waals surface area (Å²) in [7, 11) is 0. The molecule has 4 rings (SSSR count). The maximum absolute atomic E-state index is 13.8. The number of ether oxygens (including phenoxy) is 1. The summed E-state index contributed by atoms with van der Waals surface area (Å²) < 4.78 is 19.6. The third-order valence-corrected chi connectivity index (χ3v) is 6.57. The van der Waals surface area contributed by atoms with Crippen LogP contribution in [0.4, 0.5) is 4.39 Å². The zero-order valence-electron chi connectivity index (χ0n) is 19.8. The Morgan fingerprint density at radius 1 is 1.14 bits per heavy atom. The van der Waals surface area contributed by atoms with Gasteiger partial charge < -0.3 is 20.1 Å². The first-order valence-electron chi connectivity index (χ1n) is 11.6. The van der Waals surface area contributed by atoms with Gasteiger partial charge in [0.05, 0.1) is 24.8 Å². The number of carbonyl (C=O) groups excluding carboxylic acids is 1. The summed E-state index contributed by atoms with van der Waals surface area (Å²) in [5.74, 6) is -0.160. The number of rotatable bonds is 10. The van der Waals surface area contributed by atoms with Crippen LogP contribution in [0.5, 0.6) is 5.75 Å². The molecule has 35 heavy (non-hydrogen) atoms. The topological polar surface area (TPSA) is 74.3 Å². The van der Waals surface area contributed by atoms with Crippen molar-refractivity contribution < 1.29 is 19.0 Å². The lowest BCUT2D eigenvalue weighted by molar-refractivity contribution is 0.0912. The summed E-state index contributed by atoms with van der Waals surface area (Å²) in [4.78, 5) is 17.6. The van der Waals surface area contributed by atoms with Crippen molar-refractivity contribution in [2.24, 2.45) is 0 Å². The molecule has 1 unspecified atom stereocenters. The molecule has 1 aromatic heterocycles. The molecular weight excluding hydrogens is 463 g/mol. The molecule has 0 bridgehead atoms. The van der Waals surface area contributed by atoms with E-state index in [1.54, 1.807) is 24.0 Å². The van der Waals surface area contributed by atoms with E-state index in [4.69, 9.17) is 4.74 Å². The van der Waals surface area contributed by atoms with Crippen LogP contribution in [0.2, 0.25) is 0 Å². The highest BCUT2D eigenvalue weighted by Crippen LogP contribution is 2.30. The molecule has 5 nitrogen and oxygen atoms in total. The van der Waals surface area contributed by atoms with Crippen LogP contribution in [0.25, 0.3) is 22.0 Å². The molecule has 0 saturated heterocycles. The molecular formula is C28H29FN2O3S. The van der Waals surface area contributed by atoms with E-state index in [-0.39, 0.29) is 18.3 Å². The van der Waals surface area contributed by atoms with Gasteiger partial charge in [0.25, 0.3) is 5.91 Å². The first-order valence-corrected chi connectivity index (χ1v) is 12.8. The molecule has 0 aliphatic rings. The van der Waals surface area contributed by atoms with Crippen molar-refractivity contribution in [1.29, 1.82) is 0 Å². The van der Waals surface area contributed by atoms with E-state index in [0.29, 0.717) is 24.3 Å². The molecule has 4 aromatic rings.